The van der Waals surface area contributed by atoms with E-state index in [2.05, 4.69) is 34.1 Å². The molecule has 17 heteroatoms. The van der Waals surface area contributed by atoms with Gasteiger partial charge in [0.1, 0.15) is 0 Å². The summed E-state index contributed by atoms with van der Waals surface area (Å²) in [6.45, 7) is 0. The minimum absolute atomic E-state index is 0.0162. The van der Waals surface area contributed by atoms with Crippen LogP contribution in [0.2, 0.25) is 0 Å². The van der Waals surface area contributed by atoms with Crippen molar-refractivity contribution in [2.75, 3.05) is 25.6 Å². The molecule has 0 saturated heterocycles. The summed E-state index contributed by atoms with van der Waals surface area (Å²) in [5, 5.41) is 15.8. The molecule has 0 unspecified atom stereocenters. The van der Waals surface area contributed by atoms with Crippen molar-refractivity contribution in [3.63, 3.8) is 0 Å². The number of nitrogen functional groups attached to an aromatic ring is 2. The molecule has 2 rings (SSSR count). The Kier molecular flexibility index (Phi) is 6.64. The zero-order valence-electron chi connectivity index (χ0n) is 16.4. The number of hydrogen-bond donors (Lipinski definition) is 5. The van der Waals surface area contributed by atoms with Gasteiger partial charge in [-0.05, 0) is 0 Å². The minimum Gasteiger partial charge on any atom is -0.382 e. The van der Waals surface area contributed by atoms with Crippen molar-refractivity contribution in [1.82, 2.24) is 30.4 Å². The number of nitrogens with zero attached hydrogens (tertiary/aromatic N) is 5. The Balaban J connectivity index is 0.000000406. The van der Waals surface area contributed by atoms with Crippen LogP contribution in [0.1, 0.15) is 25.1 Å². The summed E-state index contributed by atoms with van der Waals surface area (Å²) in [6, 6.07) is 0. The van der Waals surface area contributed by atoms with Gasteiger partial charge in [0.15, 0.2) is 23.0 Å². The lowest BCUT2D eigenvalue weighted by Gasteiger charge is -1.91. The van der Waals surface area contributed by atoms with Gasteiger partial charge in [-0.15, -0.1) is 15.3 Å². The Labute approximate surface area is 151 Å². The van der Waals surface area contributed by atoms with Crippen LogP contribution in [0.25, 0.3) is 0 Å². The number of aryl methyl sites for hydroxylation is 1. The van der Waals surface area contributed by atoms with Crippen molar-refractivity contribution in [3.05, 3.63) is 11.4 Å². The highest BCUT2D eigenvalue weighted by atomic mass is 32.3. The third kappa shape index (κ3) is 7.07. The number of rotatable bonds is 4. The molecule has 0 aliphatic heterocycles. The van der Waals surface area contributed by atoms with E-state index in [1.54, 1.807) is 7.05 Å². The van der Waals surface area contributed by atoms with E-state index in [-0.39, 0.29) is 23.0 Å². The van der Waals surface area contributed by atoms with Crippen LogP contribution in [0, 0.1) is 0 Å². The van der Waals surface area contributed by atoms with Gasteiger partial charge in [0.25, 0.3) is 11.8 Å². The Morgan fingerprint density at radius 1 is 1.15 bits per heavy atom. The molecule has 0 fully saturated rings. The molecule has 0 saturated carbocycles. The first-order valence-corrected chi connectivity index (χ1v) is 7.36. The molecule has 2 amide bonds. The number of primary amides is 2. The second-order valence-electron chi connectivity index (χ2n) is 3.89. The predicted molar refractivity (Wildman–Crippen MR) is 86.2 cm³/mol. The highest BCUT2D eigenvalue weighted by molar-refractivity contribution is 7.81. The summed E-state index contributed by atoms with van der Waals surface area (Å²) >= 11 is 0. The Hall–Kier alpha value is -3.31. The van der Waals surface area contributed by atoms with Gasteiger partial charge >= 0.3 is 10.4 Å². The Morgan fingerprint density at radius 3 is 1.92 bits per heavy atom. The van der Waals surface area contributed by atoms with E-state index in [1.165, 1.54) is 4.68 Å². The van der Waals surface area contributed by atoms with E-state index in [4.69, 9.17) is 27.0 Å². The zero-order valence-corrected chi connectivity index (χ0v) is 14.2. The summed E-state index contributed by atoms with van der Waals surface area (Å²) in [6.07, 6.45) is 0. The van der Waals surface area contributed by atoms with Crippen LogP contribution in [-0.2, 0) is 25.8 Å². The normalized spacial score (nSPS) is 12.3. The van der Waals surface area contributed by atoms with E-state index in [0.717, 1.165) is 7.11 Å². The summed E-state index contributed by atoms with van der Waals surface area (Å²) in [4.78, 5) is 20.8. The average Bonchev–Trinajstić information content (AvgIpc) is 3.13. The van der Waals surface area contributed by atoms with Crippen LogP contribution < -0.4 is 22.9 Å². The lowest BCUT2D eigenvalue weighted by Crippen LogP contribution is -2.14. The fourth-order valence-corrected chi connectivity index (χ4v) is 1.06. The quantitative estimate of drug-likeness (QED) is 0.336. The van der Waals surface area contributed by atoms with E-state index in [9.17, 15) is 18.0 Å². The van der Waals surface area contributed by atoms with Crippen molar-refractivity contribution in [3.8, 4) is 0 Å². The molecule has 0 aliphatic rings. The molecule has 0 aliphatic carbocycles. The molecular weight excluding hydrogens is 376 g/mol. The number of carbonyl (C=O) groups is 2. The monoisotopic (exact) mass is 397 g/mol. The van der Waals surface area contributed by atoms with Gasteiger partial charge in [-0.3, -0.25) is 18.0 Å². The second-order valence-corrected chi connectivity index (χ2v) is 5.21. The van der Waals surface area contributed by atoms with Gasteiger partial charge in [0.05, 0.1) is 18.3 Å². The minimum atomic E-state index is -4.34. The van der Waals surface area contributed by atoms with Gasteiger partial charge in [-0.2, -0.15) is 13.6 Å². The molecule has 2 aromatic heterocycles. The standard InChI is InChI=1S/C4H7N5O.C3H5N5O.C2H6O4S/c1-9-3(5)2(4(6)10)7-8-9;4-2-1(3(5)9)6-8-7-2;1-5-7(3,4)6-2/h5H2,1H3,(H2,6,10);(H2,5,9)(H3,4,6,7,8);1-2H3/i;;1D3. The number of hydrogen-bond acceptors (Lipinski definition) is 12. The van der Waals surface area contributed by atoms with Gasteiger partial charge in [-0.1, -0.05) is 5.21 Å². The molecule has 0 radical (unpaired) electrons. The largest absolute Gasteiger partial charge is 0.399 e. The van der Waals surface area contributed by atoms with Gasteiger partial charge in [-0.25, -0.2) is 4.68 Å². The van der Waals surface area contributed by atoms with E-state index in [1.807, 2.05) is 0 Å². The van der Waals surface area contributed by atoms with Gasteiger partial charge in [0.2, 0.25) is 0 Å². The summed E-state index contributed by atoms with van der Waals surface area (Å²) in [5.74, 6) is -1.12. The Morgan fingerprint density at radius 2 is 1.73 bits per heavy atom. The van der Waals surface area contributed by atoms with E-state index in [0.29, 0.717) is 0 Å². The fourth-order valence-electron chi connectivity index (χ4n) is 0.994. The van der Waals surface area contributed by atoms with E-state index >= 15 is 0 Å². The number of nitrogens with two attached hydrogens (primary N) is 4. The molecule has 2 heterocycles. The number of aromatic amines is 1. The first kappa shape index (κ1) is 17.5. The third-order valence-corrected chi connectivity index (χ3v) is 2.83. The fraction of sp³-hybridized carbons (Fsp3) is 0.333. The van der Waals surface area contributed by atoms with Crippen LogP contribution in [0.5, 0.6) is 0 Å². The summed E-state index contributed by atoms with van der Waals surface area (Å²) in [7, 11) is -4.93. The molecule has 0 aromatic carbocycles. The molecular formula is C9H18N10O6S. The molecule has 146 valence electrons. The molecule has 0 spiro atoms. The van der Waals surface area contributed by atoms with Crippen LogP contribution >= 0.6 is 0 Å². The van der Waals surface area contributed by atoms with Gasteiger partial charge in [0, 0.05) is 7.05 Å². The number of nitrogens with one attached hydrogen (secondary N) is 1. The molecule has 0 atom stereocenters. The number of H-pyrrole nitrogens is 1. The maximum Gasteiger partial charge on any atom is 0.399 e. The van der Waals surface area contributed by atoms with Crippen molar-refractivity contribution in [2.45, 2.75) is 0 Å². The average molecular weight is 397 g/mol. The Bertz CT molecular complexity index is 939. The van der Waals surface area contributed by atoms with Gasteiger partial charge < -0.3 is 22.9 Å². The lowest BCUT2D eigenvalue weighted by molar-refractivity contribution is 0.0988. The number of anilines is 2. The summed E-state index contributed by atoms with van der Waals surface area (Å²) in [5.41, 5.74) is 20.2. The third-order valence-electron chi connectivity index (χ3n) is 2.22. The maximum absolute atomic E-state index is 10.5. The SMILES string of the molecule is Cn1nnc(C(N)=O)c1N.NC(=O)c1n[nH]nc1N.[2H]C([2H])([2H])OS(=O)(=O)OC. The molecule has 26 heavy (non-hydrogen) atoms. The van der Waals surface area contributed by atoms with Crippen LogP contribution in [0.3, 0.4) is 0 Å². The predicted octanol–water partition coefficient (Wildman–Crippen LogP) is -3.49. The first-order valence-electron chi connectivity index (χ1n) is 7.53. The number of amides is 2. The highest BCUT2D eigenvalue weighted by Crippen LogP contribution is 2.02. The van der Waals surface area contributed by atoms with Crippen molar-refractivity contribution >= 4 is 33.8 Å². The molecule has 9 N–H and O–H groups in total. The number of aromatic nitrogens is 6. The highest BCUT2D eigenvalue weighted by Gasteiger charge is 2.11. The maximum atomic E-state index is 10.5. The second kappa shape index (κ2) is 9.86. The number of carbonyl (C=O) groups excluding carboxylic acids is 2. The van der Waals surface area contributed by atoms with Crippen molar-refractivity contribution in [1.29, 1.82) is 0 Å². The lowest BCUT2D eigenvalue weighted by atomic mass is 10.4. The van der Waals surface area contributed by atoms with Crippen LogP contribution in [-0.4, -0.2) is 64.8 Å². The van der Waals surface area contributed by atoms with E-state index < -0.39 is 29.3 Å². The van der Waals surface area contributed by atoms with Crippen LogP contribution in [0.15, 0.2) is 0 Å². The molecule has 2 aromatic rings. The van der Waals surface area contributed by atoms with Crippen LogP contribution in [0.4, 0.5) is 11.6 Å². The topological polar surface area (TPSA) is 263 Å². The molecule has 0 bridgehead atoms. The summed E-state index contributed by atoms with van der Waals surface area (Å²) < 4.78 is 48.0. The van der Waals surface area contributed by atoms with Crippen molar-refractivity contribution in [2.24, 2.45) is 18.5 Å². The zero-order chi connectivity index (χ0) is 23.0. The first-order chi connectivity index (χ1) is 13.1. The smallest absolute Gasteiger partial charge is 0.382 e. The molecule has 16 nitrogen and oxygen atoms in total. The van der Waals surface area contributed by atoms with Crippen molar-refractivity contribution < 1.29 is 30.5 Å².